The van der Waals surface area contributed by atoms with Crippen molar-refractivity contribution < 1.29 is 19.4 Å². The first-order valence-electron chi connectivity index (χ1n) is 7.92. The van der Waals surface area contributed by atoms with Crippen molar-refractivity contribution in [1.29, 1.82) is 0 Å². The Morgan fingerprint density at radius 2 is 1.79 bits per heavy atom. The number of hydrogen-bond donors (Lipinski definition) is 3. The molecule has 8 heteroatoms. The maximum Gasteiger partial charge on any atom is 0.293 e. The third-order valence-corrected chi connectivity index (χ3v) is 3.95. The van der Waals surface area contributed by atoms with Crippen LogP contribution in [-0.2, 0) is 9.59 Å². The number of nitro benzene ring substituents is 1. The number of nitrogens with zero attached hydrogens (tertiary/aromatic N) is 1. The number of benzene rings is 1. The maximum atomic E-state index is 12.1. The summed E-state index contributed by atoms with van der Waals surface area (Å²) < 4.78 is 0. The number of hydrogen-bond acceptors (Lipinski definition) is 4. The van der Waals surface area contributed by atoms with E-state index in [1.807, 2.05) is 6.92 Å². The molecule has 130 valence electrons. The second kappa shape index (κ2) is 7.39. The van der Waals surface area contributed by atoms with Gasteiger partial charge in [-0.3, -0.25) is 19.7 Å². The summed E-state index contributed by atoms with van der Waals surface area (Å²) >= 11 is 0. The Balaban J connectivity index is 1.94. The summed E-state index contributed by atoms with van der Waals surface area (Å²) in [6.45, 7) is 3.86. The highest BCUT2D eigenvalue weighted by Gasteiger charge is 2.25. The Labute approximate surface area is 140 Å². The fourth-order valence-electron chi connectivity index (χ4n) is 2.36. The van der Waals surface area contributed by atoms with Crippen molar-refractivity contribution in [2.24, 2.45) is 0 Å². The number of carbonyl (C=O) groups is 2. The first kappa shape index (κ1) is 17.9. The van der Waals surface area contributed by atoms with Gasteiger partial charge >= 0.3 is 0 Å². The van der Waals surface area contributed by atoms with Crippen LogP contribution in [0.2, 0.25) is 0 Å². The second-order valence-corrected chi connectivity index (χ2v) is 6.41. The minimum absolute atomic E-state index is 0.0577. The quantitative estimate of drug-likeness (QED) is 0.479. The summed E-state index contributed by atoms with van der Waals surface area (Å²) in [5, 5.41) is 16.6. The molecule has 0 aromatic heterocycles. The monoisotopic (exact) mass is 335 g/mol. The zero-order valence-corrected chi connectivity index (χ0v) is 14.1. The van der Waals surface area contributed by atoms with E-state index in [2.05, 4.69) is 10.6 Å². The van der Waals surface area contributed by atoms with Crippen LogP contribution in [0.25, 0.3) is 0 Å². The molecule has 1 aliphatic carbocycles. The van der Waals surface area contributed by atoms with E-state index < -0.39 is 4.92 Å². The van der Waals surface area contributed by atoms with Crippen LogP contribution in [0.4, 0.5) is 11.4 Å². The van der Waals surface area contributed by atoms with Crippen molar-refractivity contribution in [1.82, 2.24) is 5.32 Å². The Hall–Kier alpha value is -2.48. The van der Waals surface area contributed by atoms with Gasteiger partial charge in [0.25, 0.3) is 17.5 Å². The third kappa shape index (κ3) is 5.02. The average molecular weight is 335 g/mol. The van der Waals surface area contributed by atoms with E-state index in [9.17, 15) is 19.7 Å². The predicted octanol–water partition coefficient (Wildman–Crippen LogP) is -0.0566. The summed E-state index contributed by atoms with van der Waals surface area (Å²) in [6.07, 6.45) is 2.03. The van der Waals surface area contributed by atoms with Gasteiger partial charge in [0.05, 0.1) is 12.0 Å². The number of anilines is 1. The molecular formula is C16H23N4O4+. The summed E-state index contributed by atoms with van der Waals surface area (Å²) in [5.41, 5.74) is 1.71. The van der Waals surface area contributed by atoms with E-state index in [4.69, 9.17) is 0 Å². The molecule has 0 saturated heterocycles. The van der Waals surface area contributed by atoms with E-state index in [0.717, 1.165) is 28.9 Å². The normalized spacial score (nSPS) is 14.8. The lowest BCUT2D eigenvalue weighted by molar-refractivity contribution is -0.862. The molecule has 0 aliphatic heterocycles. The van der Waals surface area contributed by atoms with E-state index in [0.29, 0.717) is 0 Å². The zero-order valence-electron chi connectivity index (χ0n) is 14.1. The molecule has 0 bridgehead atoms. The van der Waals surface area contributed by atoms with Crippen LogP contribution in [0, 0.1) is 24.0 Å². The molecule has 1 aliphatic rings. The van der Waals surface area contributed by atoms with Gasteiger partial charge in [-0.25, -0.2) is 0 Å². The number of likely N-dealkylation sites (N-methyl/N-ethyl adjacent to an activating group) is 1. The molecule has 0 spiro atoms. The van der Waals surface area contributed by atoms with E-state index in [-0.39, 0.29) is 42.3 Å². The molecule has 0 radical (unpaired) electrons. The highest BCUT2D eigenvalue weighted by Crippen LogP contribution is 2.27. The van der Waals surface area contributed by atoms with Crippen LogP contribution < -0.4 is 15.5 Å². The minimum atomic E-state index is -0.512. The fraction of sp³-hybridized carbons (Fsp3) is 0.500. The topological polar surface area (TPSA) is 106 Å². The minimum Gasteiger partial charge on any atom is -0.348 e. The van der Waals surface area contributed by atoms with Crippen LogP contribution in [0.15, 0.2) is 12.1 Å². The Kier molecular flexibility index (Phi) is 5.50. The lowest BCUT2D eigenvalue weighted by Crippen LogP contribution is -3.11. The van der Waals surface area contributed by atoms with E-state index in [1.54, 1.807) is 20.0 Å². The Morgan fingerprint density at radius 1 is 1.21 bits per heavy atom. The molecular weight excluding hydrogens is 312 g/mol. The zero-order chi connectivity index (χ0) is 17.9. The largest absolute Gasteiger partial charge is 0.348 e. The molecule has 1 aromatic rings. The van der Waals surface area contributed by atoms with Gasteiger partial charge in [0, 0.05) is 12.1 Å². The number of quaternary nitrogens is 1. The average Bonchev–Trinajstić information content (AvgIpc) is 3.25. The summed E-state index contributed by atoms with van der Waals surface area (Å²) in [7, 11) is 1.74. The van der Waals surface area contributed by atoms with E-state index in [1.165, 1.54) is 6.07 Å². The molecule has 0 heterocycles. The Morgan fingerprint density at radius 3 is 2.38 bits per heavy atom. The van der Waals surface area contributed by atoms with Gasteiger partial charge in [-0.05, 0) is 43.9 Å². The second-order valence-electron chi connectivity index (χ2n) is 6.41. The fourth-order valence-corrected chi connectivity index (χ4v) is 2.36. The van der Waals surface area contributed by atoms with Gasteiger partial charge in [0.1, 0.15) is 5.69 Å². The first-order valence-corrected chi connectivity index (χ1v) is 7.92. The number of nitrogens with one attached hydrogen (secondary N) is 3. The molecule has 1 saturated carbocycles. The Bertz CT molecular complexity index is 670. The molecule has 2 rings (SSSR count). The molecule has 3 N–H and O–H groups in total. The SMILES string of the molecule is Cc1cc(NC(=O)C[NH+](C)CC(=O)NC2CC2)c([N+](=O)[O-])cc1C. The maximum absolute atomic E-state index is 12.1. The summed E-state index contributed by atoms with van der Waals surface area (Å²) in [6, 6.07) is 3.34. The molecule has 1 unspecified atom stereocenters. The van der Waals surface area contributed by atoms with Crippen LogP contribution in [-0.4, -0.2) is 42.9 Å². The first-order chi connectivity index (χ1) is 11.3. The van der Waals surface area contributed by atoms with Crippen molar-refractivity contribution in [3.05, 3.63) is 33.4 Å². The predicted molar refractivity (Wildman–Crippen MR) is 89.0 cm³/mol. The van der Waals surface area contributed by atoms with Crippen molar-refractivity contribution in [3.63, 3.8) is 0 Å². The van der Waals surface area contributed by atoms with Crippen molar-refractivity contribution in [2.75, 3.05) is 25.5 Å². The lowest BCUT2D eigenvalue weighted by atomic mass is 10.1. The summed E-state index contributed by atoms with van der Waals surface area (Å²) in [4.78, 5) is 35.2. The van der Waals surface area contributed by atoms with Gasteiger partial charge < -0.3 is 15.5 Å². The molecule has 1 aromatic carbocycles. The van der Waals surface area contributed by atoms with Gasteiger partial charge in [-0.1, -0.05) is 0 Å². The van der Waals surface area contributed by atoms with Crippen LogP contribution in [0.1, 0.15) is 24.0 Å². The standard InChI is InChI=1S/C16H22N4O4/c1-10-6-13(14(20(23)24)7-11(10)2)18-16(22)9-19(3)8-15(21)17-12-4-5-12/h6-7,12H,4-5,8-9H2,1-3H3,(H,17,21)(H,18,22)/p+1. The number of nitro groups is 1. The molecule has 8 nitrogen and oxygen atoms in total. The molecule has 1 fully saturated rings. The van der Waals surface area contributed by atoms with Gasteiger partial charge in [0.2, 0.25) is 0 Å². The number of rotatable bonds is 7. The van der Waals surface area contributed by atoms with Gasteiger partial charge in [-0.15, -0.1) is 0 Å². The lowest BCUT2D eigenvalue weighted by Gasteiger charge is -2.14. The highest BCUT2D eigenvalue weighted by atomic mass is 16.6. The summed E-state index contributed by atoms with van der Waals surface area (Å²) in [5.74, 6) is -0.446. The highest BCUT2D eigenvalue weighted by molar-refractivity contribution is 5.94. The third-order valence-electron chi connectivity index (χ3n) is 3.95. The smallest absolute Gasteiger partial charge is 0.293 e. The van der Waals surface area contributed by atoms with Crippen molar-refractivity contribution in [3.8, 4) is 0 Å². The van der Waals surface area contributed by atoms with Gasteiger partial charge in [-0.2, -0.15) is 0 Å². The van der Waals surface area contributed by atoms with Crippen LogP contribution in [0.5, 0.6) is 0 Å². The van der Waals surface area contributed by atoms with Crippen LogP contribution >= 0.6 is 0 Å². The van der Waals surface area contributed by atoms with E-state index >= 15 is 0 Å². The molecule has 1 atom stereocenters. The number of carbonyl (C=O) groups excluding carboxylic acids is 2. The molecule has 2 amide bonds. The molecule has 24 heavy (non-hydrogen) atoms. The number of amides is 2. The van der Waals surface area contributed by atoms with Crippen molar-refractivity contribution in [2.45, 2.75) is 32.7 Å². The van der Waals surface area contributed by atoms with Crippen molar-refractivity contribution >= 4 is 23.2 Å². The number of aryl methyl sites for hydroxylation is 2. The van der Waals surface area contributed by atoms with Gasteiger partial charge in [0.15, 0.2) is 13.1 Å². The van der Waals surface area contributed by atoms with Crippen LogP contribution in [0.3, 0.4) is 0 Å².